The summed E-state index contributed by atoms with van der Waals surface area (Å²) in [6.45, 7) is 1.03. The van der Waals surface area contributed by atoms with Gasteiger partial charge in [-0.1, -0.05) is 0 Å². The zero-order chi connectivity index (χ0) is 14.7. The summed E-state index contributed by atoms with van der Waals surface area (Å²) in [6.07, 6.45) is 2.95. The molecule has 21 heavy (non-hydrogen) atoms. The van der Waals surface area contributed by atoms with E-state index in [0.29, 0.717) is 36.2 Å². The summed E-state index contributed by atoms with van der Waals surface area (Å²) in [5.41, 5.74) is 0.845. The minimum Gasteiger partial charge on any atom is -0.486 e. The van der Waals surface area contributed by atoms with Gasteiger partial charge in [0.1, 0.15) is 24.7 Å². The highest BCUT2D eigenvalue weighted by Crippen LogP contribution is 2.32. The van der Waals surface area contributed by atoms with Crippen LogP contribution in [-0.2, 0) is 0 Å². The molecule has 0 fully saturated rings. The van der Waals surface area contributed by atoms with Crippen molar-refractivity contribution < 1.29 is 14.3 Å². The molecule has 0 saturated carbocycles. The number of fused-ring (bicyclic) bond motifs is 1. The Hall–Kier alpha value is -2.83. The van der Waals surface area contributed by atoms with E-state index in [-0.39, 0.29) is 11.6 Å². The Morgan fingerprint density at radius 3 is 2.81 bits per heavy atom. The Morgan fingerprint density at radius 2 is 2.00 bits per heavy atom. The summed E-state index contributed by atoms with van der Waals surface area (Å²) in [4.78, 5) is 20.2. The van der Waals surface area contributed by atoms with E-state index < -0.39 is 0 Å². The molecule has 1 amide bonds. The maximum atomic E-state index is 12.1. The Kier molecular flexibility index (Phi) is 3.55. The molecule has 108 valence electrons. The molecule has 0 atom stereocenters. The van der Waals surface area contributed by atoms with Crippen molar-refractivity contribution >= 4 is 17.4 Å². The monoisotopic (exact) mass is 286 g/mol. The molecule has 2 N–H and O–H groups in total. The van der Waals surface area contributed by atoms with Crippen molar-refractivity contribution in [1.82, 2.24) is 9.97 Å². The van der Waals surface area contributed by atoms with Gasteiger partial charge in [0.15, 0.2) is 11.5 Å². The number of benzene rings is 1. The van der Waals surface area contributed by atoms with Crippen LogP contribution in [0.2, 0.25) is 0 Å². The third-order valence-electron chi connectivity index (χ3n) is 2.92. The van der Waals surface area contributed by atoms with E-state index >= 15 is 0 Å². The SMILES string of the molecule is CNc1cncc(C(=O)Nc2ccc3c(c2)OCCO3)n1. The molecule has 0 bridgehead atoms. The fourth-order valence-corrected chi connectivity index (χ4v) is 1.91. The van der Waals surface area contributed by atoms with Gasteiger partial charge in [-0.15, -0.1) is 0 Å². The molecule has 7 nitrogen and oxygen atoms in total. The van der Waals surface area contributed by atoms with Crippen molar-refractivity contribution in [2.24, 2.45) is 0 Å². The lowest BCUT2D eigenvalue weighted by Crippen LogP contribution is -2.17. The standard InChI is InChI=1S/C14H14N4O3/c1-15-13-8-16-7-10(18-13)14(19)17-9-2-3-11-12(6-9)21-5-4-20-11/h2-3,6-8H,4-5H2,1H3,(H,15,18)(H,17,19). The number of carbonyl (C=O) groups is 1. The maximum absolute atomic E-state index is 12.1. The van der Waals surface area contributed by atoms with Crippen LogP contribution in [0.4, 0.5) is 11.5 Å². The summed E-state index contributed by atoms with van der Waals surface area (Å²) < 4.78 is 10.9. The molecule has 0 saturated heterocycles. The van der Waals surface area contributed by atoms with Crippen molar-refractivity contribution in [3.63, 3.8) is 0 Å². The number of rotatable bonds is 3. The van der Waals surface area contributed by atoms with Crippen molar-refractivity contribution in [2.75, 3.05) is 30.9 Å². The van der Waals surface area contributed by atoms with E-state index in [9.17, 15) is 4.79 Å². The van der Waals surface area contributed by atoms with Crippen molar-refractivity contribution in [2.45, 2.75) is 0 Å². The molecule has 0 unspecified atom stereocenters. The average Bonchev–Trinajstić information content (AvgIpc) is 2.54. The Labute approximate surface area is 121 Å². The van der Waals surface area contributed by atoms with Gasteiger partial charge in [0.2, 0.25) is 0 Å². The molecule has 7 heteroatoms. The number of ether oxygens (including phenoxy) is 2. The molecule has 1 aliphatic heterocycles. The van der Waals surface area contributed by atoms with Gasteiger partial charge in [0, 0.05) is 18.8 Å². The molecule has 2 heterocycles. The number of hydrogen-bond donors (Lipinski definition) is 2. The largest absolute Gasteiger partial charge is 0.486 e. The maximum Gasteiger partial charge on any atom is 0.275 e. The van der Waals surface area contributed by atoms with E-state index in [0.717, 1.165) is 0 Å². The van der Waals surface area contributed by atoms with Gasteiger partial charge in [-0.25, -0.2) is 4.98 Å². The quantitative estimate of drug-likeness (QED) is 0.890. The smallest absolute Gasteiger partial charge is 0.275 e. The third-order valence-corrected chi connectivity index (χ3v) is 2.92. The second-order valence-electron chi connectivity index (χ2n) is 4.35. The molecule has 1 aromatic heterocycles. The topological polar surface area (TPSA) is 85.4 Å². The van der Waals surface area contributed by atoms with Crippen LogP contribution >= 0.6 is 0 Å². The lowest BCUT2D eigenvalue weighted by Gasteiger charge is -2.18. The predicted molar refractivity (Wildman–Crippen MR) is 77.0 cm³/mol. The highest BCUT2D eigenvalue weighted by molar-refractivity contribution is 6.03. The summed E-state index contributed by atoms with van der Waals surface area (Å²) in [7, 11) is 1.71. The highest BCUT2D eigenvalue weighted by atomic mass is 16.6. The number of carbonyl (C=O) groups excluding carboxylic acids is 1. The van der Waals surface area contributed by atoms with E-state index in [4.69, 9.17) is 9.47 Å². The van der Waals surface area contributed by atoms with Crippen LogP contribution in [0.1, 0.15) is 10.5 Å². The van der Waals surface area contributed by atoms with Crippen LogP contribution < -0.4 is 20.1 Å². The van der Waals surface area contributed by atoms with Crippen LogP contribution in [0, 0.1) is 0 Å². The molecule has 3 rings (SSSR count). The highest BCUT2D eigenvalue weighted by Gasteiger charge is 2.14. The van der Waals surface area contributed by atoms with Gasteiger partial charge in [-0.3, -0.25) is 9.78 Å². The first kappa shape index (κ1) is 13.2. The zero-order valence-electron chi connectivity index (χ0n) is 11.4. The van der Waals surface area contributed by atoms with E-state index in [1.807, 2.05) is 0 Å². The summed E-state index contributed by atoms with van der Waals surface area (Å²) >= 11 is 0. The number of amides is 1. The van der Waals surface area contributed by atoms with Crippen LogP contribution in [0.5, 0.6) is 11.5 Å². The van der Waals surface area contributed by atoms with Crippen LogP contribution in [0.25, 0.3) is 0 Å². The molecule has 1 aromatic carbocycles. The normalized spacial score (nSPS) is 12.6. The first-order valence-corrected chi connectivity index (χ1v) is 6.47. The van der Waals surface area contributed by atoms with Crippen LogP contribution in [-0.4, -0.2) is 36.1 Å². The number of aromatic nitrogens is 2. The second-order valence-corrected chi connectivity index (χ2v) is 4.35. The summed E-state index contributed by atoms with van der Waals surface area (Å²) in [5.74, 6) is 1.49. The van der Waals surface area contributed by atoms with Gasteiger partial charge < -0.3 is 20.1 Å². The van der Waals surface area contributed by atoms with Gasteiger partial charge in [-0.05, 0) is 12.1 Å². The number of hydrogen-bond acceptors (Lipinski definition) is 6. The zero-order valence-corrected chi connectivity index (χ0v) is 11.4. The summed E-state index contributed by atoms with van der Waals surface area (Å²) in [6, 6.07) is 5.24. The number of nitrogens with zero attached hydrogens (tertiary/aromatic N) is 2. The molecule has 2 aromatic rings. The third kappa shape index (κ3) is 2.86. The predicted octanol–water partition coefficient (Wildman–Crippen LogP) is 1.54. The summed E-state index contributed by atoms with van der Waals surface area (Å²) in [5, 5.41) is 5.59. The molecular weight excluding hydrogens is 272 g/mol. The minimum absolute atomic E-state index is 0.233. The molecular formula is C14H14N4O3. The first-order chi connectivity index (χ1) is 10.3. The van der Waals surface area contributed by atoms with E-state index in [1.165, 1.54) is 6.20 Å². The molecule has 0 aliphatic carbocycles. The number of anilines is 2. The van der Waals surface area contributed by atoms with Crippen molar-refractivity contribution in [1.29, 1.82) is 0 Å². The van der Waals surface area contributed by atoms with Crippen LogP contribution in [0.3, 0.4) is 0 Å². The fraction of sp³-hybridized carbons (Fsp3) is 0.214. The number of nitrogens with one attached hydrogen (secondary N) is 2. The molecule has 0 spiro atoms. The minimum atomic E-state index is -0.337. The average molecular weight is 286 g/mol. The van der Waals surface area contributed by atoms with Gasteiger partial charge in [0.25, 0.3) is 5.91 Å². The molecule has 0 radical (unpaired) electrons. The fourth-order valence-electron chi connectivity index (χ4n) is 1.91. The van der Waals surface area contributed by atoms with Gasteiger partial charge in [0.05, 0.1) is 12.4 Å². The van der Waals surface area contributed by atoms with E-state index in [2.05, 4.69) is 20.6 Å². The van der Waals surface area contributed by atoms with Crippen LogP contribution in [0.15, 0.2) is 30.6 Å². The van der Waals surface area contributed by atoms with Gasteiger partial charge >= 0.3 is 0 Å². The first-order valence-electron chi connectivity index (χ1n) is 6.47. The van der Waals surface area contributed by atoms with Crippen molar-refractivity contribution in [3.05, 3.63) is 36.3 Å². The van der Waals surface area contributed by atoms with Crippen molar-refractivity contribution in [3.8, 4) is 11.5 Å². The lowest BCUT2D eigenvalue weighted by atomic mass is 10.2. The lowest BCUT2D eigenvalue weighted by molar-refractivity contribution is 0.102. The van der Waals surface area contributed by atoms with E-state index in [1.54, 1.807) is 31.4 Å². The Balaban J connectivity index is 1.78. The van der Waals surface area contributed by atoms with Gasteiger partial charge in [-0.2, -0.15) is 0 Å². The second kappa shape index (κ2) is 5.66. The Morgan fingerprint density at radius 1 is 1.19 bits per heavy atom. The Bertz CT molecular complexity index is 675. The molecule has 1 aliphatic rings.